The lowest BCUT2D eigenvalue weighted by Gasteiger charge is -2.17. The molecule has 0 saturated heterocycles. The Morgan fingerprint density at radius 2 is 2.18 bits per heavy atom. The Balaban J connectivity index is 3.08. The smallest absolute Gasteiger partial charge is 0.225 e. The molecule has 1 rings (SSSR count). The van der Waals surface area contributed by atoms with E-state index in [2.05, 4.69) is 11.9 Å². The first-order valence-corrected chi connectivity index (χ1v) is 5.95. The van der Waals surface area contributed by atoms with E-state index in [0.717, 1.165) is 24.1 Å². The van der Waals surface area contributed by atoms with Gasteiger partial charge in [0.05, 0.1) is 11.7 Å². The van der Waals surface area contributed by atoms with Gasteiger partial charge in [-0.1, -0.05) is 13.3 Å². The average molecular weight is 235 g/mol. The second-order valence-electron chi connectivity index (χ2n) is 4.39. The molecule has 0 aliphatic carbocycles. The average Bonchev–Trinajstić information content (AvgIpc) is 2.15. The normalized spacial score (nSPS) is 12.2. The van der Waals surface area contributed by atoms with Crippen molar-refractivity contribution in [3.63, 3.8) is 0 Å². The van der Waals surface area contributed by atoms with Gasteiger partial charge in [-0.2, -0.15) is 0 Å². The molecule has 1 heterocycles. The van der Waals surface area contributed by atoms with Crippen LogP contribution in [0.5, 0.6) is 5.88 Å². The molecule has 0 radical (unpaired) electrons. The zero-order chi connectivity index (χ0) is 13.0. The molecule has 0 aromatic carbocycles. The van der Waals surface area contributed by atoms with Gasteiger partial charge in [0, 0.05) is 5.69 Å². The highest BCUT2D eigenvalue weighted by Gasteiger charge is 2.15. The second-order valence-corrected chi connectivity index (χ2v) is 4.39. The lowest BCUT2D eigenvalue weighted by molar-refractivity contribution is 0.200. The maximum atomic E-state index is 7.59. The van der Waals surface area contributed by atoms with Gasteiger partial charge in [-0.15, -0.1) is 0 Å². The van der Waals surface area contributed by atoms with Gasteiger partial charge in [-0.3, -0.25) is 5.41 Å². The van der Waals surface area contributed by atoms with E-state index in [0.29, 0.717) is 11.4 Å². The molecule has 1 atom stereocenters. The Kier molecular flexibility index (Phi) is 4.49. The molecular formula is C13H21N3O. The molecule has 1 aromatic heterocycles. The number of nitrogens with two attached hydrogens (primary N) is 1. The van der Waals surface area contributed by atoms with Crippen LogP contribution < -0.4 is 10.5 Å². The van der Waals surface area contributed by atoms with Gasteiger partial charge < -0.3 is 10.5 Å². The first-order chi connectivity index (χ1) is 7.95. The number of amidine groups is 1. The molecule has 0 fully saturated rings. The first-order valence-electron chi connectivity index (χ1n) is 5.95. The van der Waals surface area contributed by atoms with E-state index in [9.17, 15) is 0 Å². The predicted octanol–water partition coefficient (Wildman–Crippen LogP) is 2.55. The van der Waals surface area contributed by atoms with Crippen LogP contribution in [0.2, 0.25) is 0 Å². The van der Waals surface area contributed by atoms with E-state index in [-0.39, 0.29) is 11.9 Å². The number of hydrogen-bond donors (Lipinski definition) is 2. The molecule has 0 saturated carbocycles. The highest BCUT2D eigenvalue weighted by molar-refractivity contribution is 5.98. The quantitative estimate of drug-likeness (QED) is 0.608. The van der Waals surface area contributed by atoms with Crippen LogP contribution in [0, 0.1) is 19.3 Å². The van der Waals surface area contributed by atoms with Crippen molar-refractivity contribution < 1.29 is 4.74 Å². The van der Waals surface area contributed by atoms with Crippen molar-refractivity contribution in [2.24, 2.45) is 5.73 Å². The molecule has 0 amide bonds. The van der Waals surface area contributed by atoms with Crippen LogP contribution in [0.25, 0.3) is 0 Å². The van der Waals surface area contributed by atoms with Crippen LogP contribution in [-0.4, -0.2) is 16.9 Å². The number of aryl methyl sites for hydroxylation is 2. The van der Waals surface area contributed by atoms with Crippen LogP contribution in [0.15, 0.2) is 6.07 Å². The van der Waals surface area contributed by atoms with Crippen LogP contribution in [0.3, 0.4) is 0 Å². The molecule has 1 unspecified atom stereocenters. The number of hydrogen-bond acceptors (Lipinski definition) is 3. The van der Waals surface area contributed by atoms with Crippen LogP contribution >= 0.6 is 0 Å². The van der Waals surface area contributed by atoms with E-state index in [1.54, 1.807) is 0 Å². The fourth-order valence-corrected chi connectivity index (χ4v) is 1.87. The summed E-state index contributed by atoms with van der Waals surface area (Å²) in [7, 11) is 0. The summed E-state index contributed by atoms with van der Waals surface area (Å²) in [5, 5.41) is 7.59. The maximum absolute atomic E-state index is 7.59. The van der Waals surface area contributed by atoms with Crippen molar-refractivity contribution in [2.45, 2.75) is 46.6 Å². The van der Waals surface area contributed by atoms with Gasteiger partial charge in [0.1, 0.15) is 5.84 Å². The summed E-state index contributed by atoms with van der Waals surface area (Å²) < 4.78 is 5.78. The Labute approximate surface area is 103 Å². The van der Waals surface area contributed by atoms with Crippen LogP contribution in [0.1, 0.15) is 43.5 Å². The van der Waals surface area contributed by atoms with Gasteiger partial charge in [0.15, 0.2) is 0 Å². The summed E-state index contributed by atoms with van der Waals surface area (Å²) in [6.45, 7) is 7.95. The summed E-state index contributed by atoms with van der Waals surface area (Å²) in [5.41, 5.74) is 8.00. The number of rotatable bonds is 5. The van der Waals surface area contributed by atoms with Crippen molar-refractivity contribution in [3.8, 4) is 5.88 Å². The van der Waals surface area contributed by atoms with Gasteiger partial charge in [0.25, 0.3) is 0 Å². The van der Waals surface area contributed by atoms with Crippen molar-refractivity contribution in [1.29, 1.82) is 5.41 Å². The van der Waals surface area contributed by atoms with Crippen molar-refractivity contribution in [1.82, 2.24) is 4.98 Å². The molecule has 17 heavy (non-hydrogen) atoms. The number of aromatic nitrogens is 1. The highest BCUT2D eigenvalue weighted by Crippen LogP contribution is 2.22. The monoisotopic (exact) mass is 235 g/mol. The molecule has 4 heteroatoms. The number of ether oxygens (including phenoxy) is 1. The van der Waals surface area contributed by atoms with Gasteiger partial charge >= 0.3 is 0 Å². The summed E-state index contributed by atoms with van der Waals surface area (Å²) in [6, 6.07) is 1.91. The molecule has 0 aliphatic heterocycles. The zero-order valence-corrected chi connectivity index (χ0v) is 11.0. The van der Waals surface area contributed by atoms with Crippen molar-refractivity contribution in [3.05, 3.63) is 22.9 Å². The fraction of sp³-hybridized carbons (Fsp3) is 0.538. The molecule has 0 aliphatic rings. The van der Waals surface area contributed by atoms with E-state index < -0.39 is 0 Å². The highest BCUT2D eigenvalue weighted by atomic mass is 16.5. The van der Waals surface area contributed by atoms with Crippen LogP contribution in [0.4, 0.5) is 0 Å². The van der Waals surface area contributed by atoms with Gasteiger partial charge in [-0.25, -0.2) is 4.98 Å². The summed E-state index contributed by atoms with van der Waals surface area (Å²) in [5.74, 6) is 0.490. The first kappa shape index (κ1) is 13.5. The Morgan fingerprint density at radius 1 is 1.53 bits per heavy atom. The topological polar surface area (TPSA) is 72.0 Å². The molecule has 0 spiro atoms. The SMILES string of the molecule is CCCC(C)Oc1nc(C)cc(C)c1C(=N)N. The molecule has 4 nitrogen and oxygen atoms in total. The third-order valence-electron chi connectivity index (χ3n) is 2.59. The van der Waals surface area contributed by atoms with Gasteiger partial charge in [0.2, 0.25) is 5.88 Å². The minimum atomic E-state index is 0.00805. The molecular weight excluding hydrogens is 214 g/mol. The number of nitrogens with one attached hydrogen (secondary N) is 1. The Bertz CT molecular complexity index is 415. The molecule has 0 bridgehead atoms. The number of nitrogen functional groups attached to an aromatic ring is 1. The van der Waals surface area contributed by atoms with E-state index in [1.807, 2.05) is 26.8 Å². The zero-order valence-electron chi connectivity index (χ0n) is 11.0. The number of pyridine rings is 1. The van der Waals surface area contributed by atoms with Crippen LogP contribution in [-0.2, 0) is 0 Å². The van der Waals surface area contributed by atoms with Crippen molar-refractivity contribution in [2.75, 3.05) is 0 Å². The summed E-state index contributed by atoms with van der Waals surface area (Å²) in [4.78, 5) is 4.33. The Hall–Kier alpha value is -1.58. The van der Waals surface area contributed by atoms with Gasteiger partial charge in [-0.05, 0) is 38.8 Å². The van der Waals surface area contributed by atoms with E-state index in [1.165, 1.54) is 0 Å². The second kappa shape index (κ2) is 5.66. The van der Waals surface area contributed by atoms with E-state index >= 15 is 0 Å². The largest absolute Gasteiger partial charge is 0.474 e. The molecule has 94 valence electrons. The van der Waals surface area contributed by atoms with Crippen molar-refractivity contribution >= 4 is 5.84 Å². The number of nitrogens with zero attached hydrogens (tertiary/aromatic N) is 1. The Morgan fingerprint density at radius 3 is 2.71 bits per heavy atom. The van der Waals surface area contributed by atoms with E-state index in [4.69, 9.17) is 15.9 Å². The maximum Gasteiger partial charge on any atom is 0.225 e. The standard InChI is InChI=1S/C13H21N3O/c1-5-6-10(4)17-13-11(12(14)15)8(2)7-9(3)16-13/h7,10H,5-6H2,1-4H3,(H3,14,15). The fourth-order valence-electron chi connectivity index (χ4n) is 1.87. The third-order valence-corrected chi connectivity index (χ3v) is 2.59. The summed E-state index contributed by atoms with van der Waals surface area (Å²) in [6.07, 6.45) is 2.11. The minimum absolute atomic E-state index is 0.00805. The predicted molar refractivity (Wildman–Crippen MR) is 69.7 cm³/mol. The minimum Gasteiger partial charge on any atom is -0.474 e. The third kappa shape index (κ3) is 3.44. The molecule has 3 N–H and O–H groups in total. The molecule has 1 aromatic rings. The lowest BCUT2D eigenvalue weighted by atomic mass is 10.1. The summed E-state index contributed by atoms with van der Waals surface area (Å²) >= 11 is 0. The lowest BCUT2D eigenvalue weighted by Crippen LogP contribution is -2.20.